The van der Waals surface area contributed by atoms with Crippen LogP contribution in [0.5, 0.6) is 0 Å². The van der Waals surface area contributed by atoms with Gasteiger partial charge in [0.1, 0.15) is 0 Å². The van der Waals surface area contributed by atoms with E-state index in [1.807, 2.05) is 0 Å². The van der Waals surface area contributed by atoms with E-state index in [-0.39, 0.29) is 17.7 Å². The number of nitrogens with zero attached hydrogens (tertiary/aromatic N) is 2. The normalized spacial score (nSPS) is 23.3. The summed E-state index contributed by atoms with van der Waals surface area (Å²) in [6.45, 7) is 6.11. The molecular formula is C24H37N3O3. The van der Waals surface area contributed by atoms with E-state index in [1.54, 1.807) is 0 Å². The van der Waals surface area contributed by atoms with Crippen molar-refractivity contribution in [2.75, 3.05) is 46.4 Å². The maximum Gasteiger partial charge on any atom is 0.234 e. The number of carbonyl (C=O) groups is 1. The van der Waals surface area contributed by atoms with Crippen LogP contribution in [-0.4, -0.2) is 74.0 Å². The van der Waals surface area contributed by atoms with Crippen LogP contribution in [0.3, 0.4) is 0 Å². The van der Waals surface area contributed by atoms with Crippen LogP contribution in [0.15, 0.2) is 30.3 Å². The predicted molar refractivity (Wildman–Crippen MR) is 117 cm³/mol. The average molecular weight is 416 g/mol. The number of benzene rings is 1. The largest absolute Gasteiger partial charge is 0.352 e. The molecular weight excluding hydrogens is 378 g/mol. The molecule has 1 aromatic carbocycles. The van der Waals surface area contributed by atoms with Crippen LogP contribution in [0.25, 0.3) is 0 Å². The molecule has 1 saturated carbocycles. The van der Waals surface area contributed by atoms with E-state index >= 15 is 0 Å². The topological polar surface area (TPSA) is 54.0 Å². The highest BCUT2D eigenvalue weighted by Gasteiger charge is 2.40. The zero-order chi connectivity index (χ0) is 20.8. The molecule has 2 saturated heterocycles. The maximum atomic E-state index is 12.5. The van der Waals surface area contributed by atoms with E-state index in [9.17, 15) is 4.79 Å². The fourth-order valence-electron chi connectivity index (χ4n) is 5.19. The van der Waals surface area contributed by atoms with Crippen LogP contribution in [-0.2, 0) is 20.8 Å². The highest BCUT2D eigenvalue weighted by Crippen LogP contribution is 2.35. The molecule has 1 N–H and O–H groups in total. The van der Waals surface area contributed by atoms with Crippen molar-refractivity contribution in [2.24, 2.45) is 5.92 Å². The smallest absolute Gasteiger partial charge is 0.234 e. The Morgan fingerprint density at radius 3 is 2.43 bits per heavy atom. The van der Waals surface area contributed by atoms with E-state index in [4.69, 9.17) is 9.47 Å². The van der Waals surface area contributed by atoms with E-state index < -0.39 is 0 Å². The molecule has 1 spiro atoms. The van der Waals surface area contributed by atoms with Gasteiger partial charge in [-0.1, -0.05) is 30.3 Å². The first-order valence-corrected chi connectivity index (χ1v) is 11.6. The van der Waals surface area contributed by atoms with Gasteiger partial charge in [0.15, 0.2) is 5.79 Å². The number of amides is 1. The van der Waals surface area contributed by atoms with Crippen molar-refractivity contribution < 1.29 is 14.3 Å². The van der Waals surface area contributed by atoms with Crippen LogP contribution >= 0.6 is 0 Å². The number of piperidine rings is 1. The van der Waals surface area contributed by atoms with Crippen LogP contribution in [0.1, 0.15) is 44.1 Å². The maximum absolute atomic E-state index is 12.5. The number of ether oxygens (including phenoxy) is 2. The summed E-state index contributed by atoms with van der Waals surface area (Å²) in [5.41, 5.74) is 1.37. The molecule has 1 aromatic rings. The lowest BCUT2D eigenvalue weighted by Crippen LogP contribution is -2.48. The molecule has 3 fully saturated rings. The zero-order valence-electron chi connectivity index (χ0n) is 18.4. The first-order valence-electron chi connectivity index (χ1n) is 11.6. The molecule has 30 heavy (non-hydrogen) atoms. The molecule has 2 aliphatic heterocycles. The molecule has 1 amide bonds. The van der Waals surface area contributed by atoms with Crippen LogP contribution < -0.4 is 5.32 Å². The second-order valence-electron chi connectivity index (χ2n) is 9.35. The van der Waals surface area contributed by atoms with Gasteiger partial charge in [0.2, 0.25) is 5.91 Å². The Morgan fingerprint density at radius 2 is 1.77 bits per heavy atom. The Kier molecular flexibility index (Phi) is 7.41. The Bertz CT molecular complexity index is 660. The summed E-state index contributed by atoms with van der Waals surface area (Å²) in [4.78, 5) is 17.3. The number of carbonyl (C=O) groups excluding carboxylic acids is 1. The van der Waals surface area contributed by atoms with Gasteiger partial charge in [-0.25, -0.2) is 0 Å². The van der Waals surface area contributed by atoms with Gasteiger partial charge in [0.05, 0.1) is 19.8 Å². The lowest BCUT2D eigenvalue weighted by Gasteiger charge is -2.36. The van der Waals surface area contributed by atoms with Gasteiger partial charge in [-0.2, -0.15) is 0 Å². The van der Waals surface area contributed by atoms with E-state index in [2.05, 4.69) is 52.5 Å². The molecule has 0 aromatic heterocycles. The van der Waals surface area contributed by atoms with Gasteiger partial charge in [0, 0.05) is 32.0 Å². The van der Waals surface area contributed by atoms with Gasteiger partial charge < -0.3 is 19.7 Å². The Morgan fingerprint density at radius 1 is 1.10 bits per heavy atom. The third-order valence-electron chi connectivity index (χ3n) is 6.87. The summed E-state index contributed by atoms with van der Waals surface area (Å²) in [5.74, 6) is 0.541. The number of likely N-dealkylation sites (tertiary alicyclic amines) is 1. The molecule has 2 heterocycles. The highest BCUT2D eigenvalue weighted by molar-refractivity contribution is 5.78. The number of hydrogen-bond donors (Lipinski definition) is 1. The quantitative estimate of drug-likeness (QED) is 0.742. The van der Waals surface area contributed by atoms with Crippen molar-refractivity contribution in [1.29, 1.82) is 0 Å². The molecule has 0 unspecified atom stereocenters. The van der Waals surface area contributed by atoms with Gasteiger partial charge in [-0.3, -0.25) is 9.69 Å². The summed E-state index contributed by atoms with van der Waals surface area (Å²) in [7, 11) is 2.21. The van der Waals surface area contributed by atoms with Gasteiger partial charge in [-0.05, 0) is 57.3 Å². The zero-order valence-corrected chi connectivity index (χ0v) is 18.4. The van der Waals surface area contributed by atoms with Crippen molar-refractivity contribution in [2.45, 2.75) is 56.9 Å². The van der Waals surface area contributed by atoms with Crippen LogP contribution in [0.2, 0.25) is 0 Å². The van der Waals surface area contributed by atoms with Crippen molar-refractivity contribution in [3.05, 3.63) is 35.9 Å². The number of nitrogens with one attached hydrogen (secondary N) is 1. The fraction of sp³-hybridized carbons (Fsp3) is 0.708. The molecule has 6 nitrogen and oxygen atoms in total. The second-order valence-corrected chi connectivity index (χ2v) is 9.35. The third kappa shape index (κ3) is 6.03. The van der Waals surface area contributed by atoms with Gasteiger partial charge in [-0.15, -0.1) is 0 Å². The molecule has 0 radical (unpaired) electrons. The highest BCUT2D eigenvalue weighted by atomic mass is 16.7. The standard InChI is InChI=1S/C24H37N3O3/c1-26(17-20-5-3-2-4-6-20)18-21-9-13-27(14-10-21)19-23(28)25-22-7-11-24(12-8-22)29-15-16-30-24/h2-6,21-22H,7-19H2,1H3,(H,25,28). The van der Waals surface area contributed by atoms with Crippen LogP contribution in [0.4, 0.5) is 0 Å². The first kappa shape index (κ1) is 21.8. The molecule has 1 aliphatic carbocycles. The first-order chi connectivity index (χ1) is 14.6. The minimum Gasteiger partial charge on any atom is -0.352 e. The summed E-state index contributed by atoms with van der Waals surface area (Å²) in [5, 5.41) is 3.24. The number of hydrogen-bond acceptors (Lipinski definition) is 5. The molecule has 3 aliphatic rings. The lowest BCUT2D eigenvalue weighted by molar-refractivity contribution is -0.180. The van der Waals surface area contributed by atoms with Crippen molar-refractivity contribution in [1.82, 2.24) is 15.1 Å². The minimum atomic E-state index is -0.350. The second kappa shape index (κ2) is 10.2. The lowest BCUT2D eigenvalue weighted by atomic mass is 9.90. The SMILES string of the molecule is CN(Cc1ccccc1)CC1CCN(CC(=O)NC2CCC3(CC2)OCCO3)CC1. The van der Waals surface area contributed by atoms with Crippen molar-refractivity contribution >= 4 is 5.91 Å². The van der Waals surface area contributed by atoms with Crippen molar-refractivity contribution in [3.63, 3.8) is 0 Å². The molecule has 6 heteroatoms. The molecule has 166 valence electrons. The third-order valence-corrected chi connectivity index (χ3v) is 6.87. The van der Waals surface area contributed by atoms with E-state index in [0.717, 1.165) is 57.8 Å². The summed E-state index contributed by atoms with van der Waals surface area (Å²) in [6.07, 6.45) is 6.02. The fourth-order valence-corrected chi connectivity index (χ4v) is 5.19. The van der Waals surface area contributed by atoms with Crippen LogP contribution in [0, 0.1) is 5.92 Å². The predicted octanol–water partition coefficient (Wildman–Crippen LogP) is 2.63. The molecule has 0 atom stereocenters. The summed E-state index contributed by atoms with van der Waals surface area (Å²) in [6, 6.07) is 10.9. The van der Waals surface area contributed by atoms with E-state index in [0.29, 0.717) is 19.8 Å². The Labute approximate surface area is 180 Å². The summed E-state index contributed by atoms with van der Waals surface area (Å²) >= 11 is 0. The van der Waals surface area contributed by atoms with Gasteiger partial charge in [0.25, 0.3) is 0 Å². The number of rotatable bonds is 7. The summed E-state index contributed by atoms with van der Waals surface area (Å²) < 4.78 is 11.6. The monoisotopic (exact) mass is 415 g/mol. The van der Waals surface area contributed by atoms with Gasteiger partial charge >= 0.3 is 0 Å². The molecule has 0 bridgehead atoms. The van der Waals surface area contributed by atoms with Crippen molar-refractivity contribution in [3.8, 4) is 0 Å². The van der Waals surface area contributed by atoms with E-state index in [1.165, 1.54) is 18.4 Å². The average Bonchev–Trinajstić information content (AvgIpc) is 3.20. The Balaban J connectivity index is 1.11. The molecule has 4 rings (SSSR count). The Hall–Kier alpha value is -1.47. The minimum absolute atomic E-state index is 0.170.